The van der Waals surface area contributed by atoms with Crippen LogP contribution in [-0.2, 0) is 59.7 Å². The first-order valence-electron chi connectivity index (χ1n) is 15.2. The summed E-state index contributed by atoms with van der Waals surface area (Å²) >= 11 is 0. The van der Waals surface area contributed by atoms with E-state index in [1.807, 2.05) is 0 Å². The number of aliphatic hydroxyl groups excluding tert-OH is 1. The molecule has 2 heterocycles. The summed E-state index contributed by atoms with van der Waals surface area (Å²) in [7, 11) is -4.68. The maximum Gasteiger partial charge on any atom is 0.333 e. The van der Waals surface area contributed by atoms with Crippen LogP contribution >= 0.6 is 0 Å². The van der Waals surface area contributed by atoms with Crippen LogP contribution in [0, 0.1) is 0 Å². The van der Waals surface area contributed by atoms with E-state index in [4.69, 9.17) is 23.7 Å². The van der Waals surface area contributed by atoms with Crippen LogP contribution in [0.4, 0.5) is 0 Å². The van der Waals surface area contributed by atoms with Crippen LogP contribution in [0.15, 0.2) is 18.2 Å². The zero-order valence-electron chi connectivity index (χ0n) is 26.5. The Balaban J connectivity index is 1.45. The van der Waals surface area contributed by atoms with Crippen LogP contribution in [0.25, 0.3) is 0 Å². The number of amides is 4. The molecule has 1 aromatic rings. The lowest BCUT2D eigenvalue weighted by Gasteiger charge is -2.31. The topological polar surface area (TPSA) is 271 Å². The van der Waals surface area contributed by atoms with Gasteiger partial charge in [0.15, 0.2) is 6.10 Å². The Hall–Kier alpha value is -4.37. The summed E-state index contributed by atoms with van der Waals surface area (Å²) in [5.74, 6) is -5.06. The monoisotopic (exact) mass is 717 g/mol. The molecule has 0 bridgehead atoms. The smallest absolute Gasteiger partial charge is 0.333 e. The number of carbonyl (C=O) groups excluding carboxylic acids is 5. The van der Waals surface area contributed by atoms with E-state index in [9.17, 15) is 52.0 Å². The Kier molecular flexibility index (Phi) is 14.7. The van der Waals surface area contributed by atoms with E-state index in [0.717, 1.165) is 4.90 Å². The Labute approximate surface area is 280 Å². The average molecular weight is 718 g/mol. The van der Waals surface area contributed by atoms with Crippen molar-refractivity contribution in [2.45, 2.75) is 70.2 Å². The van der Waals surface area contributed by atoms with E-state index < -0.39 is 76.0 Å². The summed E-state index contributed by atoms with van der Waals surface area (Å²) in [6.07, 6.45) is -3.76. The molecule has 4 amide bonds. The molecule has 2 fully saturated rings. The second-order valence-electron chi connectivity index (χ2n) is 11.0. The van der Waals surface area contributed by atoms with E-state index in [1.165, 1.54) is 13.0 Å². The Bertz CT molecular complexity index is 1470. The first-order chi connectivity index (χ1) is 23.1. The molecule has 0 aromatic heterocycles. The number of carbonyl (C=O) groups is 6. The quantitative estimate of drug-likeness (QED) is 0.0472. The van der Waals surface area contributed by atoms with Gasteiger partial charge in [-0.05, 0) is 12.1 Å². The van der Waals surface area contributed by atoms with Gasteiger partial charge in [0.05, 0.1) is 19.3 Å². The number of benzene rings is 1. The minimum Gasteiger partial charge on any atom is -0.491 e. The van der Waals surface area contributed by atoms with E-state index in [1.54, 1.807) is 12.1 Å². The maximum absolute atomic E-state index is 12.6. The largest absolute Gasteiger partial charge is 0.491 e. The Morgan fingerprint density at radius 2 is 1.80 bits per heavy atom. The van der Waals surface area contributed by atoms with Gasteiger partial charge < -0.3 is 44.5 Å². The summed E-state index contributed by atoms with van der Waals surface area (Å²) < 4.78 is 59.4. The van der Waals surface area contributed by atoms with Gasteiger partial charge in [0.25, 0.3) is 10.1 Å². The minimum absolute atomic E-state index is 0.00174. The highest BCUT2D eigenvalue weighted by molar-refractivity contribution is 7.85. The van der Waals surface area contributed by atoms with Crippen LogP contribution in [0.5, 0.6) is 11.5 Å². The van der Waals surface area contributed by atoms with Crippen molar-refractivity contribution in [2.24, 2.45) is 0 Å². The van der Waals surface area contributed by atoms with Gasteiger partial charge in [-0.1, -0.05) is 0 Å². The van der Waals surface area contributed by atoms with Crippen molar-refractivity contribution in [3.05, 3.63) is 23.8 Å². The maximum atomic E-state index is 12.6. The van der Waals surface area contributed by atoms with Crippen LogP contribution < -0.4 is 20.1 Å². The number of likely N-dealkylation sites (tertiary alicyclic amines) is 1. The number of nitrogens with one attached hydrogen (secondary N) is 2. The van der Waals surface area contributed by atoms with Crippen molar-refractivity contribution in [2.75, 3.05) is 38.7 Å². The average Bonchev–Trinajstić information content (AvgIpc) is 3.33. The number of hydrogen-bond donors (Lipinski definition) is 5. The zero-order chi connectivity index (χ0) is 36.1. The fourth-order valence-electron chi connectivity index (χ4n) is 4.71. The van der Waals surface area contributed by atoms with Gasteiger partial charge in [-0.25, -0.2) is 4.79 Å². The van der Waals surface area contributed by atoms with E-state index >= 15 is 0 Å². The molecule has 0 saturated carbocycles. The molecule has 4 unspecified atom stereocenters. The third kappa shape index (κ3) is 13.6. The molecule has 4 atom stereocenters. The summed E-state index contributed by atoms with van der Waals surface area (Å²) in [6, 6.07) is 2.93. The number of imide groups is 1. The van der Waals surface area contributed by atoms with Gasteiger partial charge in [-0.15, -0.1) is 0 Å². The lowest BCUT2D eigenvalue weighted by atomic mass is 10.1. The van der Waals surface area contributed by atoms with Gasteiger partial charge >= 0.3 is 11.9 Å². The molecular formula is C29H39N3O16S. The lowest BCUT2D eigenvalue weighted by molar-refractivity contribution is -0.195. The molecule has 0 aliphatic carbocycles. The molecule has 3 rings (SSSR count). The normalized spacial score (nSPS) is 20.0. The zero-order valence-corrected chi connectivity index (χ0v) is 27.3. The molecule has 19 nitrogen and oxygen atoms in total. The number of nitrogens with zero attached hydrogens (tertiary/aromatic N) is 1. The highest BCUT2D eigenvalue weighted by Crippen LogP contribution is 2.30. The number of hydrogen-bond acceptors (Lipinski definition) is 14. The van der Waals surface area contributed by atoms with Crippen LogP contribution in [-0.4, -0.2) is 127 Å². The predicted octanol–water partition coefficient (Wildman–Crippen LogP) is -1.50. The van der Waals surface area contributed by atoms with Gasteiger partial charge in [-0.3, -0.25) is 33.4 Å². The Morgan fingerprint density at radius 3 is 2.45 bits per heavy atom. The van der Waals surface area contributed by atoms with Gasteiger partial charge in [-0.2, -0.15) is 8.42 Å². The van der Waals surface area contributed by atoms with Crippen molar-refractivity contribution in [3.8, 4) is 11.5 Å². The van der Waals surface area contributed by atoms with Crippen molar-refractivity contribution < 1.29 is 75.6 Å². The number of carboxylic acids is 1. The van der Waals surface area contributed by atoms with Crippen molar-refractivity contribution in [1.82, 2.24) is 15.5 Å². The van der Waals surface area contributed by atoms with Gasteiger partial charge in [0, 0.05) is 63.7 Å². The number of ether oxygens (including phenoxy) is 5. The molecule has 2 aliphatic rings. The fraction of sp³-hybridized carbons (Fsp3) is 0.586. The molecule has 0 spiro atoms. The molecule has 272 valence electrons. The third-order valence-corrected chi connectivity index (χ3v) is 7.81. The van der Waals surface area contributed by atoms with Crippen molar-refractivity contribution in [3.63, 3.8) is 0 Å². The standard InChI is InChI=1S/C29H39N3O16S/c1-17(33)46-15-18-2-3-20(14-22(18)47-27-13-19(34)12-23(48-27)29(39)40)45-11-10-44-9-7-30-28(38)21(16-49(41,42)43)31-24(35)6-8-32-25(36)4-5-26(32)37/h2-3,14,19,21,23,27,34H,4-13,15-16H2,1H3,(H,30,38)(H,31,35)(H,39,40)(H,41,42,43). The van der Waals surface area contributed by atoms with Crippen LogP contribution in [0.2, 0.25) is 0 Å². The van der Waals surface area contributed by atoms with Crippen molar-refractivity contribution >= 4 is 45.7 Å². The number of rotatable bonds is 19. The number of aliphatic carboxylic acids is 1. The molecule has 49 heavy (non-hydrogen) atoms. The van der Waals surface area contributed by atoms with Crippen LogP contribution in [0.3, 0.4) is 0 Å². The third-order valence-electron chi connectivity index (χ3n) is 7.06. The highest BCUT2D eigenvalue weighted by Gasteiger charge is 2.34. The SMILES string of the molecule is CC(=O)OCc1ccc(OCCOCCNC(=O)C(CS(=O)(=O)O)NC(=O)CCN2C(=O)CCC2=O)cc1OC1CC(O)CC(C(=O)O)O1. The molecule has 20 heteroatoms. The number of esters is 1. The van der Waals surface area contributed by atoms with E-state index in [0.29, 0.717) is 11.3 Å². The summed E-state index contributed by atoms with van der Waals surface area (Å²) in [5, 5.41) is 23.9. The first-order valence-corrected chi connectivity index (χ1v) is 16.8. The lowest BCUT2D eigenvalue weighted by Crippen LogP contribution is -2.51. The van der Waals surface area contributed by atoms with Gasteiger partial charge in [0.1, 0.15) is 36.5 Å². The van der Waals surface area contributed by atoms with Crippen molar-refractivity contribution in [1.29, 1.82) is 0 Å². The summed E-state index contributed by atoms with van der Waals surface area (Å²) in [6.45, 7) is 0.706. The second-order valence-corrected chi connectivity index (χ2v) is 12.5. The molecule has 0 radical (unpaired) electrons. The van der Waals surface area contributed by atoms with E-state index in [2.05, 4.69) is 10.6 Å². The molecular weight excluding hydrogens is 678 g/mol. The Morgan fingerprint density at radius 1 is 1.08 bits per heavy atom. The highest BCUT2D eigenvalue weighted by atomic mass is 32.2. The second kappa shape index (κ2) is 18.4. The molecule has 2 aliphatic heterocycles. The fourth-order valence-corrected chi connectivity index (χ4v) is 5.36. The van der Waals surface area contributed by atoms with E-state index in [-0.39, 0.29) is 77.4 Å². The minimum atomic E-state index is -4.68. The molecule has 5 N–H and O–H groups in total. The number of carboxylic acid groups (broad SMARTS) is 1. The summed E-state index contributed by atoms with van der Waals surface area (Å²) in [4.78, 5) is 71.9. The molecule has 1 aromatic carbocycles. The van der Waals surface area contributed by atoms with Crippen LogP contribution in [0.1, 0.15) is 44.6 Å². The predicted molar refractivity (Wildman–Crippen MR) is 162 cm³/mol. The first kappa shape index (κ1) is 39.1. The van der Waals surface area contributed by atoms with Gasteiger partial charge in [0.2, 0.25) is 29.9 Å². The molecule has 2 saturated heterocycles. The summed E-state index contributed by atoms with van der Waals surface area (Å²) in [5.41, 5.74) is 0.422. The number of aliphatic hydroxyl groups is 1.